The van der Waals surface area contributed by atoms with Gasteiger partial charge < -0.3 is 5.32 Å². The second-order valence-corrected chi connectivity index (χ2v) is 5.91. The molecule has 0 radical (unpaired) electrons. The minimum Gasteiger partial charge on any atom is -0.366 e. The van der Waals surface area contributed by atoms with Gasteiger partial charge in [-0.25, -0.2) is 8.42 Å². The molecule has 1 N–H and O–H groups in total. The molecule has 0 fully saturated rings. The largest absolute Gasteiger partial charge is 0.366 e. The Kier molecular flexibility index (Phi) is 3.82. The molecule has 0 heterocycles. The molecule has 0 aliphatic rings. The lowest BCUT2D eigenvalue weighted by Gasteiger charge is -2.06. The minimum atomic E-state index is -3.27. The van der Waals surface area contributed by atoms with Crippen molar-refractivity contribution >= 4 is 27.0 Å². The van der Waals surface area contributed by atoms with E-state index in [0.717, 1.165) is 5.56 Å². The Morgan fingerprint density at radius 2 is 1.87 bits per heavy atom. The number of hydrogen-bond acceptors (Lipinski definition) is 3. The van der Waals surface area contributed by atoms with E-state index >= 15 is 0 Å². The summed E-state index contributed by atoms with van der Waals surface area (Å²) >= 11 is 4.76. The van der Waals surface area contributed by atoms with Crippen molar-refractivity contribution in [3.05, 3.63) is 29.8 Å². The van der Waals surface area contributed by atoms with Crippen molar-refractivity contribution in [1.29, 1.82) is 0 Å². The van der Waals surface area contributed by atoms with Gasteiger partial charge in [0.05, 0.1) is 9.88 Å². The van der Waals surface area contributed by atoms with Crippen molar-refractivity contribution in [2.75, 3.05) is 5.88 Å². The van der Waals surface area contributed by atoms with Crippen LogP contribution in [0.2, 0.25) is 0 Å². The highest BCUT2D eigenvalue weighted by Gasteiger charge is 2.13. The summed E-state index contributed by atoms with van der Waals surface area (Å²) in [6, 6.07) is 6.75. The standard InChI is InChI=1S/C10H13NO2S2/c1-8-3-5-10(6-4-8)15(12,13)7-11-9(2)14/h3-6H,7H2,1-2H3,(H,11,14). The van der Waals surface area contributed by atoms with Gasteiger partial charge >= 0.3 is 0 Å². The van der Waals surface area contributed by atoms with E-state index in [4.69, 9.17) is 12.2 Å². The van der Waals surface area contributed by atoms with Crippen molar-refractivity contribution in [2.24, 2.45) is 0 Å². The van der Waals surface area contributed by atoms with Crippen molar-refractivity contribution in [1.82, 2.24) is 5.32 Å². The third kappa shape index (κ3) is 3.60. The molecule has 0 saturated heterocycles. The van der Waals surface area contributed by atoms with Crippen molar-refractivity contribution in [3.8, 4) is 0 Å². The number of sulfone groups is 1. The van der Waals surface area contributed by atoms with Gasteiger partial charge in [-0.05, 0) is 26.0 Å². The summed E-state index contributed by atoms with van der Waals surface area (Å²) in [5.41, 5.74) is 1.04. The Labute approximate surface area is 95.4 Å². The molecule has 0 spiro atoms. The van der Waals surface area contributed by atoms with Gasteiger partial charge in [-0.2, -0.15) is 0 Å². The molecule has 0 amide bonds. The maximum atomic E-state index is 11.7. The zero-order valence-electron chi connectivity index (χ0n) is 8.65. The smallest absolute Gasteiger partial charge is 0.196 e. The summed E-state index contributed by atoms with van der Waals surface area (Å²) in [6.07, 6.45) is 0. The highest BCUT2D eigenvalue weighted by Crippen LogP contribution is 2.10. The maximum Gasteiger partial charge on any atom is 0.196 e. The Morgan fingerprint density at radius 3 is 2.33 bits per heavy atom. The van der Waals surface area contributed by atoms with Gasteiger partial charge in [-0.1, -0.05) is 29.9 Å². The molecule has 0 atom stereocenters. The number of rotatable bonds is 3. The molecule has 82 valence electrons. The second-order valence-electron chi connectivity index (χ2n) is 3.31. The van der Waals surface area contributed by atoms with Crippen molar-refractivity contribution in [2.45, 2.75) is 18.7 Å². The lowest BCUT2D eigenvalue weighted by atomic mass is 10.2. The summed E-state index contributed by atoms with van der Waals surface area (Å²) < 4.78 is 23.5. The predicted octanol–water partition coefficient (Wildman–Crippen LogP) is 1.66. The monoisotopic (exact) mass is 243 g/mol. The second kappa shape index (κ2) is 4.72. The first-order chi connectivity index (χ1) is 6.92. The van der Waals surface area contributed by atoms with E-state index in [9.17, 15) is 8.42 Å². The first-order valence-corrected chi connectivity index (χ1v) is 6.52. The molecule has 1 aromatic carbocycles. The average Bonchev–Trinajstić information content (AvgIpc) is 2.16. The first-order valence-electron chi connectivity index (χ1n) is 4.46. The van der Waals surface area contributed by atoms with E-state index in [2.05, 4.69) is 5.32 Å². The minimum absolute atomic E-state index is 0.147. The Bertz CT molecular complexity index is 449. The number of thiocarbonyl (C=S) groups is 1. The summed E-state index contributed by atoms with van der Waals surface area (Å²) in [5, 5.41) is 2.64. The first kappa shape index (κ1) is 12.1. The van der Waals surface area contributed by atoms with Gasteiger partial charge in [-0.3, -0.25) is 0 Å². The van der Waals surface area contributed by atoms with Crippen LogP contribution in [0.4, 0.5) is 0 Å². The van der Waals surface area contributed by atoms with Crippen LogP contribution in [0.5, 0.6) is 0 Å². The third-order valence-electron chi connectivity index (χ3n) is 1.89. The van der Waals surface area contributed by atoms with Gasteiger partial charge in [-0.15, -0.1) is 0 Å². The van der Waals surface area contributed by atoms with Crippen LogP contribution >= 0.6 is 12.2 Å². The molecular formula is C10H13NO2S2. The van der Waals surface area contributed by atoms with Crippen molar-refractivity contribution in [3.63, 3.8) is 0 Å². The topological polar surface area (TPSA) is 46.2 Å². The van der Waals surface area contributed by atoms with Gasteiger partial charge in [0, 0.05) is 0 Å². The molecule has 0 unspecified atom stereocenters. The Morgan fingerprint density at radius 1 is 1.33 bits per heavy atom. The molecule has 3 nitrogen and oxygen atoms in total. The Hall–Kier alpha value is -0.940. The normalized spacial score (nSPS) is 11.1. The third-order valence-corrected chi connectivity index (χ3v) is 3.55. The van der Waals surface area contributed by atoms with E-state index in [-0.39, 0.29) is 5.88 Å². The zero-order valence-corrected chi connectivity index (χ0v) is 10.3. The van der Waals surface area contributed by atoms with Gasteiger partial charge in [0.25, 0.3) is 0 Å². The highest BCUT2D eigenvalue weighted by atomic mass is 32.2. The molecule has 0 saturated carbocycles. The van der Waals surface area contributed by atoms with Crippen LogP contribution in [0, 0.1) is 6.92 Å². The van der Waals surface area contributed by atoms with Crippen LogP contribution in [-0.2, 0) is 9.84 Å². The van der Waals surface area contributed by atoms with Crippen LogP contribution < -0.4 is 5.32 Å². The summed E-state index contributed by atoms with van der Waals surface area (Å²) in [4.78, 5) is 0.794. The molecular weight excluding hydrogens is 230 g/mol. The van der Waals surface area contributed by atoms with Gasteiger partial charge in [0.15, 0.2) is 9.84 Å². The maximum absolute atomic E-state index is 11.7. The molecule has 0 bridgehead atoms. The fraction of sp³-hybridized carbons (Fsp3) is 0.300. The summed E-state index contributed by atoms with van der Waals surface area (Å²) in [5.74, 6) is -0.147. The highest BCUT2D eigenvalue weighted by molar-refractivity contribution is 7.91. The molecule has 5 heteroatoms. The molecule has 0 aromatic heterocycles. The SMILES string of the molecule is CC(=S)NCS(=O)(=O)c1ccc(C)cc1. The van der Waals surface area contributed by atoms with Crippen LogP contribution in [0.3, 0.4) is 0 Å². The van der Waals surface area contributed by atoms with E-state index in [1.807, 2.05) is 6.92 Å². The molecule has 0 aliphatic heterocycles. The quantitative estimate of drug-likeness (QED) is 0.820. The van der Waals surface area contributed by atoms with Gasteiger partial charge in [0.2, 0.25) is 0 Å². The van der Waals surface area contributed by atoms with E-state index in [1.54, 1.807) is 31.2 Å². The Balaban J connectivity index is 2.87. The zero-order chi connectivity index (χ0) is 11.5. The van der Waals surface area contributed by atoms with Crippen LogP contribution in [-0.4, -0.2) is 19.3 Å². The fourth-order valence-corrected chi connectivity index (χ4v) is 2.31. The van der Waals surface area contributed by atoms with Crippen LogP contribution in [0.15, 0.2) is 29.2 Å². The molecule has 15 heavy (non-hydrogen) atoms. The number of nitrogens with one attached hydrogen (secondary N) is 1. The molecule has 1 aromatic rings. The van der Waals surface area contributed by atoms with Crippen LogP contribution in [0.1, 0.15) is 12.5 Å². The molecule has 0 aliphatic carbocycles. The number of hydrogen-bond donors (Lipinski definition) is 1. The molecule has 1 rings (SSSR count). The lowest BCUT2D eigenvalue weighted by Crippen LogP contribution is -2.26. The van der Waals surface area contributed by atoms with E-state index in [1.165, 1.54) is 0 Å². The van der Waals surface area contributed by atoms with E-state index < -0.39 is 9.84 Å². The number of aryl methyl sites for hydroxylation is 1. The fourth-order valence-electron chi connectivity index (χ4n) is 1.03. The van der Waals surface area contributed by atoms with Gasteiger partial charge in [0.1, 0.15) is 5.88 Å². The van der Waals surface area contributed by atoms with Crippen molar-refractivity contribution < 1.29 is 8.42 Å². The summed E-state index contributed by atoms with van der Waals surface area (Å²) in [7, 11) is -3.27. The summed E-state index contributed by atoms with van der Waals surface area (Å²) in [6.45, 7) is 3.57. The average molecular weight is 243 g/mol. The lowest BCUT2D eigenvalue weighted by molar-refractivity contribution is 0.594. The van der Waals surface area contributed by atoms with E-state index in [0.29, 0.717) is 9.88 Å². The predicted molar refractivity (Wildman–Crippen MR) is 64.6 cm³/mol. The number of benzene rings is 1. The van der Waals surface area contributed by atoms with Crippen LogP contribution in [0.25, 0.3) is 0 Å².